The third kappa shape index (κ3) is 17.5. The average Bonchev–Trinajstić information content (AvgIpc) is 3.33. The lowest BCUT2D eigenvalue weighted by Crippen LogP contribution is -2.44. The number of hydrogen-bond acceptors (Lipinski definition) is 12. The van der Waals surface area contributed by atoms with Crippen LogP contribution in [0.5, 0.6) is 0 Å². The van der Waals surface area contributed by atoms with Crippen LogP contribution in [-0.4, -0.2) is 74.0 Å². The number of unbranched alkanes of at least 4 members (excludes halogenated alkanes) is 9. The highest BCUT2D eigenvalue weighted by Crippen LogP contribution is 2.40. The maximum absolute atomic E-state index is 13.7. The third-order valence-corrected chi connectivity index (χ3v) is 11.2. The number of ether oxygens (including phenoxy) is 2. The molecule has 49 heavy (non-hydrogen) atoms. The van der Waals surface area contributed by atoms with E-state index in [1.165, 1.54) is 70.2 Å². The molecule has 0 aromatic rings. The molecule has 1 saturated heterocycles. The Bertz CT molecular complexity index is 1100. The maximum Gasteiger partial charge on any atom is 0.336 e. The Labute approximate surface area is 306 Å². The minimum Gasteiger partial charge on any atom is -0.468 e. The molecule has 14 heteroatoms. The van der Waals surface area contributed by atoms with E-state index in [1.807, 2.05) is 0 Å². The highest BCUT2D eigenvalue weighted by molar-refractivity contribution is 8.47. The van der Waals surface area contributed by atoms with Crippen LogP contribution in [0.3, 0.4) is 0 Å². The van der Waals surface area contributed by atoms with Crippen molar-refractivity contribution in [1.82, 2.24) is 10.4 Å². The van der Waals surface area contributed by atoms with E-state index in [0.29, 0.717) is 15.1 Å². The highest BCUT2D eigenvalue weighted by atomic mass is 32.2. The average molecular weight is 747 g/mol. The first-order chi connectivity index (χ1) is 23.1. The molecule has 1 fully saturated rings. The van der Waals surface area contributed by atoms with Gasteiger partial charge in [-0.2, -0.15) is 0 Å². The number of methoxy groups -OCH3 is 1. The van der Waals surface area contributed by atoms with Gasteiger partial charge in [-0.15, -0.1) is 16.8 Å². The zero-order valence-corrected chi connectivity index (χ0v) is 32.9. The van der Waals surface area contributed by atoms with E-state index in [0.717, 1.165) is 30.4 Å². The number of thioether (sulfide) groups is 2. The second-order valence-corrected chi connectivity index (χ2v) is 17.6. The SMILES string of the molecule is CCCCCCCCCCCCSC(=S)SC(C)(CC(CC(CC(C)(C)OC=O)C(=O)NC(C)C)C(=O)ON1C(=O)CCC1=O)C(=O)OC. The first-order valence-electron chi connectivity index (χ1n) is 17.5. The molecule has 1 rings (SSSR count). The number of thiocarbonyl (C=S) groups is 1. The molecule has 0 aromatic carbocycles. The molecular formula is C35H58N2O9S3. The first kappa shape index (κ1) is 44.8. The zero-order chi connectivity index (χ0) is 37.0. The van der Waals surface area contributed by atoms with Gasteiger partial charge in [0.15, 0.2) is 0 Å². The highest BCUT2D eigenvalue weighted by Gasteiger charge is 2.45. The van der Waals surface area contributed by atoms with E-state index in [9.17, 15) is 28.8 Å². The summed E-state index contributed by atoms with van der Waals surface area (Å²) in [6.07, 6.45) is 11.7. The fraction of sp³-hybridized carbons (Fsp3) is 0.800. The number of nitrogens with one attached hydrogen (secondary N) is 1. The standard InChI is InChI=1S/C35H58N2O9S3/c1-8-9-10-11-12-13-14-15-16-17-20-48-33(47)49-35(6,32(43)44-7)23-27(31(42)46-37-28(39)18-19-29(37)40)21-26(30(41)36-25(2)3)22-34(4,5)45-24-38/h24-27H,8-23H2,1-7H3,(H,36,41). The van der Waals surface area contributed by atoms with Crippen molar-refractivity contribution in [2.75, 3.05) is 12.9 Å². The molecule has 1 aliphatic rings. The van der Waals surface area contributed by atoms with Gasteiger partial charge in [-0.05, 0) is 66.1 Å². The van der Waals surface area contributed by atoms with Crippen LogP contribution >= 0.6 is 35.7 Å². The molecule has 0 aromatic heterocycles. The molecule has 1 aliphatic heterocycles. The molecule has 0 radical (unpaired) electrons. The van der Waals surface area contributed by atoms with Gasteiger partial charge in [0.2, 0.25) is 5.91 Å². The number of esters is 1. The van der Waals surface area contributed by atoms with E-state index in [1.54, 1.807) is 34.6 Å². The van der Waals surface area contributed by atoms with Gasteiger partial charge in [-0.25, -0.2) is 4.79 Å². The van der Waals surface area contributed by atoms with E-state index in [2.05, 4.69) is 12.2 Å². The number of amides is 3. The van der Waals surface area contributed by atoms with Crippen LogP contribution in [0.1, 0.15) is 138 Å². The second kappa shape index (κ2) is 23.3. The normalized spacial score (nSPS) is 15.8. The maximum atomic E-state index is 13.7. The Balaban J connectivity index is 3.11. The van der Waals surface area contributed by atoms with Gasteiger partial charge < -0.3 is 19.6 Å². The van der Waals surface area contributed by atoms with E-state index >= 15 is 0 Å². The second-order valence-electron chi connectivity index (χ2n) is 13.8. The van der Waals surface area contributed by atoms with Crippen molar-refractivity contribution in [3.05, 3.63) is 0 Å². The lowest BCUT2D eigenvalue weighted by atomic mass is 9.81. The molecule has 3 atom stereocenters. The van der Waals surface area contributed by atoms with E-state index < -0.39 is 51.8 Å². The summed E-state index contributed by atoms with van der Waals surface area (Å²) < 4.78 is 9.52. The fourth-order valence-electron chi connectivity index (χ4n) is 5.70. The Morgan fingerprint density at radius 1 is 0.918 bits per heavy atom. The van der Waals surface area contributed by atoms with Crippen LogP contribution in [0.15, 0.2) is 0 Å². The number of hydroxylamine groups is 2. The number of nitrogens with zero attached hydrogens (tertiary/aromatic N) is 1. The van der Waals surface area contributed by atoms with Gasteiger partial charge in [-0.3, -0.25) is 24.0 Å². The summed E-state index contributed by atoms with van der Waals surface area (Å²) in [6.45, 7) is 11.0. The number of carbonyl (C=O) groups excluding carboxylic acids is 6. The molecule has 0 saturated carbocycles. The van der Waals surface area contributed by atoms with Crippen molar-refractivity contribution in [3.8, 4) is 0 Å². The lowest BCUT2D eigenvalue weighted by molar-refractivity contribution is -0.201. The summed E-state index contributed by atoms with van der Waals surface area (Å²) in [7, 11) is 1.24. The van der Waals surface area contributed by atoms with Crippen LogP contribution in [0.4, 0.5) is 0 Å². The molecule has 3 amide bonds. The zero-order valence-electron chi connectivity index (χ0n) is 30.5. The Morgan fingerprint density at radius 2 is 1.47 bits per heavy atom. The van der Waals surface area contributed by atoms with Gasteiger partial charge in [0.05, 0.1) is 13.0 Å². The largest absolute Gasteiger partial charge is 0.468 e. The van der Waals surface area contributed by atoms with Gasteiger partial charge in [0, 0.05) is 24.8 Å². The van der Waals surface area contributed by atoms with Crippen molar-refractivity contribution in [1.29, 1.82) is 0 Å². The van der Waals surface area contributed by atoms with Gasteiger partial charge in [-0.1, -0.05) is 88.7 Å². The minimum atomic E-state index is -1.37. The molecule has 1 heterocycles. The number of imide groups is 1. The molecule has 0 aliphatic carbocycles. The Morgan fingerprint density at radius 3 is 1.98 bits per heavy atom. The van der Waals surface area contributed by atoms with Gasteiger partial charge >= 0.3 is 11.9 Å². The van der Waals surface area contributed by atoms with Crippen molar-refractivity contribution >= 4 is 75.4 Å². The van der Waals surface area contributed by atoms with Gasteiger partial charge in [0.1, 0.15) is 13.9 Å². The predicted octanol–water partition coefficient (Wildman–Crippen LogP) is 7.08. The quantitative estimate of drug-likeness (QED) is 0.0335. The Hall–Kier alpha value is -2.19. The number of carbonyl (C=O) groups is 6. The van der Waals surface area contributed by atoms with Crippen LogP contribution < -0.4 is 5.32 Å². The van der Waals surface area contributed by atoms with Crippen molar-refractivity contribution < 1.29 is 43.1 Å². The topological polar surface area (TPSA) is 145 Å². The summed E-state index contributed by atoms with van der Waals surface area (Å²) in [4.78, 5) is 81.6. The van der Waals surface area contributed by atoms with Crippen LogP contribution in [0, 0.1) is 11.8 Å². The molecule has 0 bridgehead atoms. The molecule has 1 N–H and O–H groups in total. The van der Waals surface area contributed by atoms with Crippen molar-refractivity contribution in [3.63, 3.8) is 0 Å². The summed E-state index contributed by atoms with van der Waals surface area (Å²) >= 11 is 8.25. The summed E-state index contributed by atoms with van der Waals surface area (Å²) in [6, 6.07) is -0.226. The predicted molar refractivity (Wildman–Crippen MR) is 197 cm³/mol. The molecular weight excluding hydrogens is 689 g/mol. The summed E-state index contributed by atoms with van der Waals surface area (Å²) in [5.41, 5.74) is -1.07. The van der Waals surface area contributed by atoms with Gasteiger partial charge in [0.25, 0.3) is 18.3 Å². The lowest BCUT2D eigenvalue weighted by Gasteiger charge is -2.33. The van der Waals surface area contributed by atoms with Crippen LogP contribution in [0.2, 0.25) is 0 Å². The number of hydrogen-bond donors (Lipinski definition) is 1. The van der Waals surface area contributed by atoms with E-state index in [-0.39, 0.29) is 38.1 Å². The Kier molecular flexibility index (Phi) is 21.3. The molecule has 0 spiro atoms. The van der Waals surface area contributed by atoms with Crippen molar-refractivity contribution in [2.45, 2.75) is 154 Å². The first-order valence-corrected chi connectivity index (χ1v) is 19.7. The molecule has 280 valence electrons. The fourth-order valence-corrected chi connectivity index (χ4v) is 8.87. The molecule has 11 nitrogen and oxygen atoms in total. The number of rotatable bonds is 25. The van der Waals surface area contributed by atoms with Crippen molar-refractivity contribution in [2.24, 2.45) is 11.8 Å². The monoisotopic (exact) mass is 746 g/mol. The molecule has 3 unspecified atom stereocenters. The van der Waals surface area contributed by atoms with Crippen LogP contribution in [-0.2, 0) is 43.1 Å². The van der Waals surface area contributed by atoms with E-state index in [4.69, 9.17) is 26.5 Å². The third-order valence-electron chi connectivity index (χ3n) is 8.28. The minimum absolute atomic E-state index is 0.0465. The smallest absolute Gasteiger partial charge is 0.336 e. The summed E-state index contributed by atoms with van der Waals surface area (Å²) in [5.74, 6) is -4.50. The van der Waals surface area contributed by atoms with Crippen LogP contribution in [0.25, 0.3) is 0 Å². The summed E-state index contributed by atoms with van der Waals surface area (Å²) in [5, 5.41) is 3.30.